The minimum absolute atomic E-state index is 0.0727. The summed E-state index contributed by atoms with van der Waals surface area (Å²) in [5, 5.41) is 8.97. The molecule has 146 valence electrons. The van der Waals surface area contributed by atoms with Crippen molar-refractivity contribution in [1.82, 2.24) is 19.7 Å². The van der Waals surface area contributed by atoms with E-state index < -0.39 is 0 Å². The maximum atomic E-state index is 13.3. The molecule has 8 heteroatoms. The monoisotopic (exact) mass is 398 g/mol. The number of carbonyl (C=O) groups excluding carboxylic acids is 1. The van der Waals surface area contributed by atoms with E-state index in [1.807, 2.05) is 59.8 Å². The fourth-order valence-corrected chi connectivity index (χ4v) is 4.30. The number of rotatable bonds is 5. The highest BCUT2D eigenvalue weighted by atomic mass is 32.2. The van der Waals surface area contributed by atoms with Crippen molar-refractivity contribution in [3.63, 3.8) is 0 Å². The Balaban J connectivity index is 1.64. The number of benzene rings is 1. The summed E-state index contributed by atoms with van der Waals surface area (Å²) in [7, 11) is 1.91. The Labute approximate surface area is 167 Å². The molecule has 1 atom stereocenters. The number of amides is 1. The molecular formula is C20H22N4O3S. The van der Waals surface area contributed by atoms with E-state index in [-0.39, 0.29) is 11.2 Å². The van der Waals surface area contributed by atoms with Crippen LogP contribution < -0.4 is 0 Å². The van der Waals surface area contributed by atoms with Crippen LogP contribution in [0.15, 0.2) is 52.2 Å². The van der Waals surface area contributed by atoms with Gasteiger partial charge in [0.05, 0.1) is 25.0 Å². The van der Waals surface area contributed by atoms with Gasteiger partial charge < -0.3 is 18.6 Å². The number of hydrogen-bond donors (Lipinski definition) is 0. The molecule has 0 spiro atoms. The number of ether oxygens (including phenoxy) is 1. The maximum absolute atomic E-state index is 13.3. The Hall–Kier alpha value is -2.58. The third kappa shape index (κ3) is 3.70. The van der Waals surface area contributed by atoms with Crippen molar-refractivity contribution in [2.45, 2.75) is 17.3 Å². The van der Waals surface area contributed by atoms with E-state index in [1.54, 1.807) is 6.26 Å². The number of furan rings is 1. The number of carbonyl (C=O) groups is 1. The molecule has 4 rings (SSSR count). The molecule has 0 aliphatic carbocycles. The lowest BCUT2D eigenvalue weighted by molar-refractivity contribution is -0.134. The highest BCUT2D eigenvalue weighted by Gasteiger charge is 2.30. The van der Waals surface area contributed by atoms with Crippen LogP contribution in [0.4, 0.5) is 0 Å². The third-order valence-corrected chi connectivity index (χ3v) is 6.08. The highest BCUT2D eigenvalue weighted by Crippen LogP contribution is 2.37. The zero-order valence-corrected chi connectivity index (χ0v) is 16.7. The van der Waals surface area contributed by atoms with E-state index >= 15 is 0 Å². The van der Waals surface area contributed by atoms with Gasteiger partial charge in [-0.15, -0.1) is 10.2 Å². The first-order valence-corrected chi connectivity index (χ1v) is 10.0. The molecule has 0 N–H and O–H groups in total. The van der Waals surface area contributed by atoms with Gasteiger partial charge in [0.15, 0.2) is 11.0 Å². The van der Waals surface area contributed by atoms with Gasteiger partial charge in [0, 0.05) is 20.1 Å². The Kier molecular flexibility index (Phi) is 5.50. The molecule has 1 amide bonds. The highest BCUT2D eigenvalue weighted by molar-refractivity contribution is 8.00. The van der Waals surface area contributed by atoms with Crippen LogP contribution in [0.5, 0.6) is 0 Å². The SMILES string of the molecule is Cc1occc1-c1nnc(S[C@@H](C(=O)N2CCOCC2)c2ccccc2)n1C. The van der Waals surface area contributed by atoms with Gasteiger partial charge in [0.25, 0.3) is 0 Å². The minimum atomic E-state index is -0.388. The first kappa shape index (κ1) is 18.8. The molecule has 0 bridgehead atoms. The molecule has 7 nitrogen and oxygen atoms in total. The summed E-state index contributed by atoms with van der Waals surface area (Å²) in [6.45, 7) is 4.27. The van der Waals surface area contributed by atoms with E-state index in [1.165, 1.54) is 11.8 Å². The second-order valence-corrected chi connectivity index (χ2v) is 7.67. The molecule has 0 saturated carbocycles. The second kappa shape index (κ2) is 8.20. The van der Waals surface area contributed by atoms with Gasteiger partial charge in [-0.05, 0) is 18.6 Å². The van der Waals surface area contributed by atoms with Crippen molar-refractivity contribution in [1.29, 1.82) is 0 Å². The number of nitrogens with zero attached hydrogens (tertiary/aromatic N) is 4. The van der Waals surface area contributed by atoms with E-state index in [0.29, 0.717) is 31.5 Å². The number of morpholine rings is 1. The number of hydrogen-bond acceptors (Lipinski definition) is 6. The lowest BCUT2D eigenvalue weighted by atomic mass is 10.1. The van der Waals surface area contributed by atoms with Crippen LogP contribution in [-0.2, 0) is 16.6 Å². The minimum Gasteiger partial charge on any atom is -0.469 e. The lowest BCUT2D eigenvalue weighted by Crippen LogP contribution is -2.42. The van der Waals surface area contributed by atoms with E-state index in [9.17, 15) is 4.79 Å². The Morgan fingerprint density at radius 2 is 1.89 bits per heavy atom. The molecule has 2 aromatic heterocycles. The van der Waals surface area contributed by atoms with E-state index in [2.05, 4.69) is 10.2 Å². The van der Waals surface area contributed by atoms with Gasteiger partial charge in [0.2, 0.25) is 5.91 Å². The van der Waals surface area contributed by atoms with E-state index in [4.69, 9.17) is 9.15 Å². The smallest absolute Gasteiger partial charge is 0.240 e. The van der Waals surface area contributed by atoms with Crippen molar-refractivity contribution in [3.8, 4) is 11.4 Å². The number of thioether (sulfide) groups is 1. The molecule has 28 heavy (non-hydrogen) atoms. The molecule has 1 fully saturated rings. The van der Waals surface area contributed by atoms with Crippen LogP contribution in [0.25, 0.3) is 11.4 Å². The van der Waals surface area contributed by atoms with Gasteiger partial charge in [-0.25, -0.2) is 0 Å². The zero-order valence-electron chi connectivity index (χ0n) is 15.9. The summed E-state index contributed by atoms with van der Waals surface area (Å²) in [6.07, 6.45) is 1.64. The summed E-state index contributed by atoms with van der Waals surface area (Å²) in [5.74, 6) is 1.58. The van der Waals surface area contributed by atoms with Crippen LogP contribution in [0.1, 0.15) is 16.6 Å². The molecular weight excluding hydrogens is 376 g/mol. The largest absolute Gasteiger partial charge is 0.469 e. The Morgan fingerprint density at radius 3 is 2.57 bits per heavy atom. The summed E-state index contributed by atoms with van der Waals surface area (Å²) in [4.78, 5) is 15.1. The first-order valence-electron chi connectivity index (χ1n) is 9.17. The Morgan fingerprint density at radius 1 is 1.14 bits per heavy atom. The molecule has 3 heterocycles. The average Bonchev–Trinajstić information content (AvgIpc) is 3.32. The van der Waals surface area contributed by atoms with Crippen molar-refractivity contribution in [2.24, 2.45) is 7.05 Å². The molecule has 1 aromatic carbocycles. The lowest BCUT2D eigenvalue weighted by Gasteiger charge is -2.30. The summed E-state index contributed by atoms with van der Waals surface area (Å²) < 4.78 is 12.7. The Bertz CT molecular complexity index is 948. The molecule has 3 aromatic rings. The zero-order chi connectivity index (χ0) is 19.5. The maximum Gasteiger partial charge on any atom is 0.240 e. The van der Waals surface area contributed by atoms with Gasteiger partial charge in [-0.3, -0.25) is 4.79 Å². The van der Waals surface area contributed by atoms with Crippen molar-refractivity contribution in [2.75, 3.05) is 26.3 Å². The molecule has 0 unspecified atom stereocenters. The van der Waals surface area contributed by atoms with Gasteiger partial charge >= 0.3 is 0 Å². The van der Waals surface area contributed by atoms with Gasteiger partial charge in [-0.1, -0.05) is 42.1 Å². The van der Waals surface area contributed by atoms with E-state index in [0.717, 1.165) is 22.7 Å². The fourth-order valence-electron chi connectivity index (χ4n) is 3.21. The van der Waals surface area contributed by atoms with Crippen LogP contribution >= 0.6 is 11.8 Å². The number of aromatic nitrogens is 3. The normalized spacial score (nSPS) is 15.6. The number of aryl methyl sites for hydroxylation is 1. The molecule has 0 radical (unpaired) electrons. The quantitative estimate of drug-likeness (QED) is 0.615. The first-order chi connectivity index (χ1) is 13.6. The van der Waals surface area contributed by atoms with Crippen molar-refractivity contribution < 1.29 is 13.9 Å². The third-order valence-electron chi connectivity index (χ3n) is 4.81. The van der Waals surface area contributed by atoms with Crippen molar-refractivity contribution >= 4 is 17.7 Å². The average molecular weight is 398 g/mol. The topological polar surface area (TPSA) is 73.4 Å². The standard InChI is InChI=1S/C20H22N4O3S/c1-14-16(8-11-27-14)18-21-22-20(23(18)2)28-17(15-6-4-3-5-7-15)19(25)24-9-12-26-13-10-24/h3-8,11,17H,9-10,12-13H2,1-2H3/t17-/m1/s1. The predicted molar refractivity (Wildman–Crippen MR) is 106 cm³/mol. The van der Waals surface area contributed by atoms with Crippen LogP contribution in [0, 0.1) is 6.92 Å². The molecule has 1 saturated heterocycles. The summed E-state index contributed by atoms with van der Waals surface area (Å²) in [6, 6.07) is 11.7. The van der Waals surface area contributed by atoms with Crippen LogP contribution in [0.2, 0.25) is 0 Å². The summed E-state index contributed by atoms with van der Waals surface area (Å²) >= 11 is 1.42. The van der Waals surface area contributed by atoms with Gasteiger partial charge in [0.1, 0.15) is 11.0 Å². The summed E-state index contributed by atoms with van der Waals surface area (Å²) in [5.41, 5.74) is 1.85. The van der Waals surface area contributed by atoms with Crippen LogP contribution in [-0.4, -0.2) is 51.9 Å². The molecule has 1 aliphatic rings. The van der Waals surface area contributed by atoms with Gasteiger partial charge in [-0.2, -0.15) is 0 Å². The van der Waals surface area contributed by atoms with Crippen LogP contribution in [0.3, 0.4) is 0 Å². The van der Waals surface area contributed by atoms with Crippen molar-refractivity contribution in [3.05, 3.63) is 54.0 Å². The fraction of sp³-hybridized carbons (Fsp3) is 0.350. The predicted octanol–water partition coefficient (Wildman–Crippen LogP) is 3.08. The molecule has 1 aliphatic heterocycles. The second-order valence-electron chi connectivity index (χ2n) is 6.60.